The molecule has 1 unspecified atom stereocenters. The first-order valence-corrected chi connectivity index (χ1v) is 7.38. The molecule has 3 rings (SSSR count). The Balaban J connectivity index is 1.71. The summed E-state index contributed by atoms with van der Waals surface area (Å²) in [5.41, 5.74) is 0. The lowest BCUT2D eigenvalue weighted by molar-refractivity contribution is 0.418. The second kappa shape index (κ2) is 6.29. The van der Waals surface area contributed by atoms with Gasteiger partial charge in [-0.05, 0) is 31.5 Å². The first-order valence-electron chi connectivity index (χ1n) is 7.00. The van der Waals surface area contributed by atoms with Gasteiger partial charge in [-0.1, -0.05) is 30.2 Å². The van der Waals surface area contributed by atoms with Crippen LogP contribution in [0.1, 0.15) is 25.3 Å². The molecular weight excluding hydrogens is 274 g/mol. The molecule has 20 heavy (non-hydrogen) atoms. The highest BCUT2D eigenvalue weighted by Crippen LogP contribution is 2.29. The van der Waals surface area contributed by atoms with E-state index in [9.17, 15) is 0 Å². The monoisotopic (exact) mass is 291 g/mol. The minimum Gasteiger partial charge on any atom is -0.452 e. The number of nitrogens with one attached hydrogen (secondary N) is 1. The predicted molar refractivity (Wildman–Crippen MR) is 79.5 cm³/mol. The van der Waals surface area contributed by atoms with Gasteiger partial charge in [0.15, 0.2) is 5.75 Å². The molecule has 1 fully saturated rings. The lowest BCUT2D eigenvalue weighted by atomic mass is 10.1. The summed E-state index contributed by atoms with van der Waals surface area (Å²) < 4.78 is 7.77. The van der Waals surface area contributed by atoms with Crippen molar-refractivity contribution < 1.29 is 4.74 Å². The van der Waals surface area contributed by atoms with Crippen LogP contribution in [-0.2, 0) is 0 Å². The minimum absolute atomic E-state index is 0.404. The molecule has 1 atom stereocenters. The number of para-hydroxylation sites is 1. The smallest absolute Gasteiger partial charge is 0.165 e. The SMILES string of the molecule is Clc1ccccc1Oc1cnn(C2CCCCNC2)c1. The summed E-state index contributed by atoms with van der Waals surface area (Å²) in [5, 5.41) is 8.46. The van der Waals surface area contributed by atoms with E-state index < -0.39 is 0 Å². The maximum Gasteiger partial charge on any atom is 0.165 e. The standard InChI is InChI=1S/C15H18ClN3O/c16-14-6-1-2-7-15(14)20-13-10-18-19(11-13)12-5-3-4-8-17-9-12/h1-2,6-7,10-12,17H,3-5,8-9H2. The molecule has 4 nitrogen and oxygen atoms in total. The molecule has 0 aliphatic carbocycles. The van der Waals surface area contributed by atoms with Crippen LogP contribution < -0.4 is 10.1 Å². The predicted octanol–water partition coefficient (Wildman–Crippen LogP) is 3.64. The zero-order valence-corrected chi connectivity index (χ0v) is 12.0. The Morgan fingerprint density at radius 3 is 3.10 bits per heavy atom. The van der Waals surface area contributed by atoms with Crippen molar-refractivity contribution >= 4 is 11.6 Å². The van der Waals surface area contributed by atoms with E-state index in [1.165, 1.54) is 12.8 Å². The topological polar surface area (TPSA) is 39.1 Å². The number of hydrogen-bond donors (Lipinski definition) is 1. The summed E-state index contributed by atoms with van der Waals surface area (Å²) in [6.45, 7) is 2.06. The maximum absolute atomic E-state index is 6.09. The molecule has 0 bridgehead atoms. The highest BCUT2D eigenvalue weighted by Gasteiger charge is 2.15. The average molecular weight is 292 g/mol. The Morgan fingerprint density at radius 1 is 1.30 bits per heavy atom. The molecule has 0 radical (unpaired) electrons. The van der Waals surface area contributed by atoms with Gasteiger partial charge < -0.3 is 10.1 Å². The molecule has 1 saturated heterocycles. The van der Waals surface area contributed by atoms with Gasteiger partial charge >= 0.3 is 0 Å². The van der Waals surface area contributed by atoms with Crippen LogP contribution in [0.2, 0.25) is 5.02 Å². The lowest BCUT2D eigenvalue weighted by Crippen LogP contribution is -2.23. The van der Waals surface area contributed by atoms with E-state index in [1.807, 2.05) is 35.1 Å². The van der Waals surface area contributed by atoms with Crippen molar-refractivity contribution in [2.75, 3.05) is 13.1 Å². The second-order valence-corrected chi connectivity index (χ2v) is 5.45. The van der Waals surface area contributed by atoms with Crippen LogP contribution in [0.25, 0.3) is 0 Å². The summed E-state index contributed by atoms with van der Waals surface area (Å²) in [7, 11) is 0. The quantitative estimate of drug-likeness (QED) is 0.938. The summed E-state index contributed by atoms with van der Waals surface area (Å²) in [6, 6.07) is 7.86. The van der Waals surface area contributed by atoms with Gasteiger partial charge in [0.05, 0.1) is 23.5 Å². The first kappa shape index (κ1) is 13.5. The zero-order chi connectivity index (χ0) is 13.8. The molecule has 0 saturated carbocycles. The average Bonchev–Trinajstić information content (AvgIpc) is 2.74. The number of rotatable bonds is 3. The van der Waals surface area contributed by atoms with Gasteiger partial charge in [-0.2, -0.15) is 5.10 Å². The fraction of sp³-hybridized carbons (Fsp3) is 0.400. The summed E-state index contributed by atoms with van der Waals surface area (Å²) in [4.78, 5) is 0. The highest BCUT2D eigenvalue weighted by molar-refractivity contribution is 6.32. The second-order valence-electron chi connectivity index (χ2n) is 5.04. The Hall–Kier alpha value is -1.52. The van der Waals surface area contributed by atoms with E-state index in [4.69, 9.17) is 16.3 Å². The molecule has 5 heteroatoms. The van der Waals surface area contributed by atoms with Crippen LogP contribution in [0.15, 0.2) is 36.7 Å². The molecule has 0 spiro atoms. The van der Waals surface area contributed by atoms with Gasteiger partial charge in [-0.25, -0.2) is 0 Å². The van der Waals surface area contributed by atoms with Crippen molar-refractivity contribution in [1.29, 1.82) is 0 Å². The van der Waals surface area contributed by atoms with Crippen LogP contribution in [-0.4, -0.2) is 22.9 Å². The Labute approximate surface area is 123 Å². The van der Waals surface area contributed by atoms with Gasteiger partial charge in [0.25, 0.3) is 0 Å². The van der Waals surface area contributed by atoms with E-state index in [1.54, 1.807) is 6.20 Å². The van der Waals surface area contributed by atoms with Gasteiger partial charge in [-0.3, -0.25) is 4.68 Å². The molecular formula is C15H18ClN3O. The van der Waals surface area contributed by atoms with Crippen molar-refractivity contribution in [3.63, 3.8) is 0 Å². The number of benzene rings is 1. The highest BCUT2D eigenvalue weighted by atomic mass is 35.5. The summed E-state index contributed by atoms with van der Waals surface area (Å²) in [6.07, 6.45) is 7.31. The zero-order valence-electron chi connectivity index (χ0n) is 11.3. The molecule has 1 aromatic carbocycles. The van der Waals surface area contributed by atoms with Crippen LogP contribution in [0.3, 0.4) is 0 Å². The van der Waals surface area contributed by atoms with Crippen LogP contribution in [0.4, 0.5) is 0 Å². The normalized spacial score (nSPS) is 19.6. The summed E-state index contributed by atoms with van der Waals surface area (Å²) >= 11 is 6.09. The molecule has 1 aliphatic heterocycles. The van der Waals surface area contributed by atoms with E-state index in [-0.39, 0.29) is 0 Å². The van der Waals surface area contributed by atoms with Crippen molar-refractivity contribution in [3.8, 4) is 11.5 Å². The van der Waals surface area contributed by atoms with Gasteiger partial charge in [0, 0.05) is 6.54 Å². The van der Waals surface area contributed by atoms with E-state index in [0.29, 0.717) is 16.8 Å². The van der Waals surface area contributed by atoms with E-state index >= 15 is 0 Å². The van der Waals surface area contributed by atoms with Gasteiger partial charge in [0.1, 0.15) is 5.75 Å². The van der Waals surface area contributed by atoms with Crippen molar-refractivity contribution in [3.05, 3.63) is 41.7 Å². The van der Waals surface area contributed by atoms with Crippen molar-refractivity contribution in [2.24, 2.45) is 0 Å². The third kappa shape index (κ3) is 3.14. The largest absolute Gasteiger partial charge is 0.452 e. The Bertz CT molecular complexity index is 562. The van der Waals surface area contributed by atoms with E-state index in [0.717, 1.165) is 25.3 Å². The number of ether oxygens (including phenoxy) is 1. The van der Waals surface area contributed by atoms with Crippen molar-refractivity contribution in [1.82, 2.24) is 15.1 Å². The maximum atomic E-state index is 6.09. The fourth-order valence-corrected chi connectivity index (χ4v) is 2.63. The molecule has 0 amide bonds. The number of aromatic nitrogens is 2. The fourth-order valence-electron chi connectivity index (χ4n) is 2.45. The van der Waals surface area contributed by atoms with Crippen LogP contribution in [0, 0.1) is 0 Å². The molecule has 1 aliphatic rings. The third-order valence-electron chi connectivity index (χ3n) is 3.54. The number of halogens is 1. The summed E-state index contributed by atoms with van der Waals surface area (Å²) in [5.74, 6) is 1.38. The molecule has 1 N–H and O–H groups in total. The molecule has 2 aromatic rings. The van der Waals surface area contributed by atoms with E-state index in [2.05, 4.69) is 10.4 Å². The molecule has 1 aromatic heterocycles. The van der Waals surface area contributed by atoms with Crippen molar-refractivity contribution in [2.45, 2.75) is 25.3 Å². The molecule has 106 valence electrons. The first-order chi connectivity index (χ1) is 9.83. The van der Waals surface area contributed by atoms with Crippen LogP contribution >= 0.6 is 11.6 Å². The number of hydrogen-bond acceptors (Lipinski definition) is 3. The minimum atomic E-state index is 0.404. The lowest BCUT2D eigenvalue weighted by Gasteiger charge is -2.14. The third-order valence-corrected chi connectivity index (χ3v) is 3.85. The number of nitrogens with zero attached hydrogens (tertiary/aromatic N) is 2. The molecule has 2 heterocycles. The Morgan fingerprint density at radius 2 is 2.20 bits per heavy atom. The van der Waals surface area contributed by atoms with Gasteiger partial charge in [-0.15, -0.1) is 0 Å². The van der Waals surface area contributed by atoms with Crippen LogP contribution in [0.5, 0.6) is 11.5 Å². The Kier molecular flexibility index (Phi) is 4.23. The van der Waals surface area contributed by atoms with Gasteiger partial charge in [0.2, 0.25) is 0 Å².